The summed E-state index contributed by atoms with van der Waals surface area (Å²) < 4.78 is 21.2. The minimum atomic E-state index is -0.297. The Morgan fingerprint density at radius 1 is 0.667 bits per heavy atom. The van der Waals surface area contributed by atoms with Gasteiger partial charge in [-0.3, -0.25) is 0 Å². The summed E-state index contributed by atoms with van der Waals surface area (Å²) in [4.78, 5) is 0. The highest BCUT2D eigenvalue weighted by Crippen LogP contribution is 1.86. The lowest BCUT2D eigenvalue weighted by Gasteiger charge is -2.08. The van der Waals surface area contributed by atoms with Crippen molar-refractivity contribution >= 4 is 0 Å². The smallest absolute Gasteiger partial charge is 0.0701 e. The molecular formula is C12H28N2O4. The normalized spacial score (nSPS) is 11.3. The van der Waals surface area contributed by atoms with Gasteiger partial charge in [0, 0.05) is 13.2 Å². The maximum atomic E-state index is 5.37. The lowest BCUT2D eigenvalue weighted by atomic mass is 10.4. The Labute approximate surface area is 110 Å². The molecule has 0 atom stereocenters. The van der Waals surface area contributed by atoms with Crippen molar-refractivity contribution in [2.75, 3.05) is 52.9 Å². The molecule has 0 fully saturated rings. The van der Waals surface area contributed by atoms with Crippen molar-refractivity contribution in [2.24, 2.45) is 11.5 Å². The molecule has 0 heterocycles. The first-order valence-electron chi connectivity index (χ1n) is 6.59. The summed E-state index contributed by atoms with van der Waals surface area (Å²) in [6, 6.07) is 0. The molecule has 0 saturated carbocycles. The van der Waals surface area contributed by atoms with E-state index in [1.165, 1.54) is 0 Å². The summed E-state index contributed by atoms with van der Waals surface area (Å²) in [5.74, 6) is 0. The van der Waals surface area contributed by atoms with E-state index < -0.39 is 0 Å². The molecule has 0 rings (SSSR count). The van der Waals surface area contributed by atoms with Crippen molar-refractivity contribution < 1.29 is 18.9 Å². The van der Waals surface area contributed by atoms with E-state index in [-0.39, 0.29) is 6.17 Å². The Bertz CT molecular complexity index is 159. The van der Waals surface area contributed by atoms with Crippen LogP contribution in [0.5, 0.6) is 0 Å². The molecule has 0 bridgehead atoms. The van der Waals surface area contributed by atoms with Crippen LogP contribution in [0.25, 0.3) is 0 Å². The van der Waals surface area contributed by atoms with Gasteiger partial charge in [-0.2, -0.15) is 0 Å². The highest BCUT2D eigenvalue weighted by atomic mass is 16.6. The van der Waals surface area contributed by atoms with E-state index in [4.69, 9.17) is 30.4 Å². The van der Waals surface area contributed by atoms with Gasteiger partial charge in [0.25, 0.3) is 0 Å². The molecule has 0 aliphatic heterocycles. The standard InChI is InChI=1S/C12H28N2O4/c1-2-4-15-6-8-17-10-11-18-9-7-16-5-3-12(13)14/h12H,2-11,13-14H2,1H3. The van der Waals surface area contributed by atoms with Gasteiger partial charge in [-0.1, -0.05) is 6.92 Å². The Hall–Kier alpha value is -0.240. The summed E-state index contributed by atoms with van der Waals surface area (Å²) in [5, 5.41) is 0. The molecule has 6 heteroatoms. The predicted molar refractivity (Wildman–Crippen MR) is 70.3 cm³/mol. The highest BCUT2D eigenvalue weighted by Gasteiger charge is 1.95. The lowest BCUT2D eigenvalue weighted by Crippen LogP contribution is -2.31. The summed E-state index contributed by atoms with van der Waals surface area (Å²) >= 11 is 0. The third-order valence-corrected chi connectivity index (χ3v) is 2.06. The van der Waals surface area contributed by atoms with Gasteiger partial charge in [0.2, 0.25) is 0 Å². The molecule has 0 aliphatic carbocycles. The Morgan fingerprint density at radius 3 is 1.44 bits per heavy atom. The van der Waals surface area contributed by atoms with E-state index in [0.717, 1.165) is 13.0 Å². The molecule has 0 saturated heterocycles. The van der Waals surface area contributed by atoms with Crippen LogP contribution in [0.1, 0.15) is 19.8 Å². The fraction of sp³-hybridized carbons (Fsp3) is 1.00. The fourth-order valence-electron chi connectivity index (χ4n) is 1.13. The van der Waals surface area contributed by atoms with Gasteiger partial charge in [0.15, 0.2) is 0 Å². The van der Waals surface area contributed by atoms with Gasteiger partial charge in [0.1, 0.15) is 0 Å². The minimum Gasteiger partial charge on any atom is -0.379 e. The first-order valence-corrected chi connectivity index (χ1v) is 6.59. The zero-order valence-corrected chi connectivity index (χ0v) is 11.4. The van der Waals surface area contributed by atoms with Crippen LogP contribution >= 0.6 is 0 Å². The molecule has 0 spiro atoms. The van der Waals surface area contributed by atoms with Gasteiger partial charge < -0.3 is 30.4 Å². The summed E-state index contributed by atoms with van der Waals surface area (Å²) in [6.07, 6.45) is 1.41. The molecular weight excluding hydrogens is 236 g/mol. The van der Waals surface area contributed by atoms with Crippen molar-refractivity contribution in [3.63, 3.8) is 0 Å². The van der Waals surface area contributed by atoms with Crippen molar-refractivity contribution in [3.05, 3.63) is 0 Å². The van der Waals surface area contributed by atoms with Crippen molar-refractivity contribution in [2.45, 2.75) is 25.9 Å². The first-order chi connectivity index (χ1) is 8.77. The second-order valence-electron chi connectivity index (χ2n) is 3.90. The highest BCUT2D eigenvalue weighted by molar-refractivity contribution is 4.48. The van der Waals surface area contributed by atoms with Gasteiger partial charge in [-0.05, 0) is 12.8 Å². The van der Waals surface area contributed by atoms with Crippen LogP contribution in [0.15, 0.2) is 0 Å². The summed E-state index contributed by atoms with van der Waals surface area (Å²) in [5.41, 5.74) is 10.7. The second kappa shape index (κ2) is 14.8. The zero-order chi connectivity index (χ0) is 13.5. The Morgan fingerprint density at radius 2 is 1.06 bits per heavy atom. The van der Waals surface area contributed by atoms with Crippen LogP contribution in [-0.2, 0) is 18.9 Å². The quantitative estimate of drug-likeness (QED) is 0.341. The number of hydrogen-bond acceptors (Lipinski definition) is 6. The van der Waals surface area contributed by atoms with Crippen LogP contribution in [0.3, 0.4) is 0 Å². The van der Waals surface area contributed by atoms with Gasteiger partial charge in [-0.15, -0.1) is 0 Å². The van der Waals surface area contributed by atoms with E-state index >= 15 is 0 Å². The van der Waals surface area contributed by atoms with Crippen LogP contribution in [0, 0.1) is 0 Å². The Kier molecular flexibility index (Phi) is 14.6. The number of ether oxygens (including phenoxy) is 4. The van der Waals surface area contributed by atoms with Crippen molar-refractivity contribution in [1.29, 1.82) is 0 Å². The van der Waals surface area contributed by atoms with Crippen molar-refractivity contribution in [3.8, 4) is 0 Å². The third-order valence-electron chi connectivity index (χ3n) is 2.06. The maximum Gasteiger partial charge on any atom is 0.0701 e. The fourth-order valence-corrected chi connectivity index (χ4v) is 1.13. The lowest BCUT2D eigenvalue weighted by molar-refractivity contribution is -0.00227. The van der Waals surface area contributed by atoms with E-state index in [9.17, 15) is 0 Å². The van der Waals surface area contributed by atoms with Crippen LogP contribution < -0.4 is 11.5 Å². The monoisotopic (exact) mass is 264 g/mol. The van der Waals surface area contributed by atoms with Gasteiger partial charge in [-0.25, -0.2) is 0 Å². The van der Waals surface area contributed by atoms with Gasteiger partial charge in [0.05, 0.1) is 45.8 Å². The average molecular weight is 264 g/mol. The number of nitrogens with two attached hydrogens (primary N) is 2. The molecule has 4 N–H and O–H groups in total. The molecule has 0 aromatic carbocycles. The Balaban J connectivity index is 2.90. The number of rotatable bonds is 14. The maximum absolute atomic E-state index is 5.37. The molecule has 18 heavy (non-hydrogen) atoms. The largest absolute Gasteiger partial charge is 0.379 e. The van der Waals surface area contributed by atoms with Crippen LogP contribution in [0.2, 0.25) is 0 Å². The SMILES string of the molecule is CCCOCCOCCOCCOCCC(N)N. The molecule has 0 unspecified atom stereocenters. The van der Waals surface area contributed by atoms with E-state index in [1.807, 2.05) is 0 Å². The summed E-state index contributed by atoms with van der Waals surface area (Å²) in [7, 11) is 0. The van der Waals surface area contributed by atoms with E-state index in [0.29, 0.717) is 52.7 Å². The number of hydrogen-bond donors (Lipinski definition) is 2. The first kappa shape index (κ1) is 17.8. The van der Waals surface area contributed by atoms with Crippen LogP contribution in [-0.4, -0.2) is 59.0 Å². The molecule has 110 valence electrons. The minimum absolute atomic E-state index is 0.297. The average Bonchev–Trinajstić information content (AvgIpc) is 2.34. The van der Waals surface area contributed by atoms with E-state index in [2.05, 4.69) is 6.92 Å². The molecule has 0 aromatic heterocycles. The molecule has 0 aromatic rings. The topological polar surface area (TPSA) is 89.0 Å². The zero-order valence-electron chi connectivity index (χ0n) is 11.4. The van der Waals surface area contributed by atoms with Crippen LogP contribution in [0.4, 0.5) is 0 Å². The molecule has 0 amide bonds. The molecule has 6 nitrogen and oxygen atoms in total. The molecule has 0 radical (unpaired) electrons. The van der Waals surface area contributed by atoms with Crippen molar-refractivity contribution in [1.82, 2.24) is 0 Å². The third kappa shape index (κ3) is 15.8. The van der Waals surface area contributed by atoms with Gasteiger partial charge >= 0.3 is 0 Å². The predicted octanol–water partition coefficient (Wildman–Crippen LogP) is 0.0964. The van der Waals surface area contributed by atoms with E-state index in [1.54, 1.807) is 0 Å². The molecule has 0 aliphatic rings. The second-order valence-corrected chi connectivity index (χ2v) is 3.90. The summed E-state index contributed by atoms with van der Waals surface area (Å²) in [6.45, 7) is 7.01.